The predicted molar refractivity (Wildman–Crippen MR) is 44.5 cm³/mol. The van der Waals surface area contributed by atoms with Crippen molar-refractivity contribution in [3.8, 4) is 0 Å². The summed E-state index contributed by atoms with van der Waals surface area (Å²) in [6.45, 7) is 6.09. The van der Waals surface area contributed by atoms with Crippen molar-refractivity contribution in [1.82, 2.24) is 5.32 Å². The molecule has 0 aromatic heterocycles. The number of hydrogen-bond donors (Lipinski definition) is 1. The van der Waals surface area contributed by atoms with Gasteiger partial charge in [-0.2, -0.15) is 0 Å². The molecule has 1 amide bonds. The van der Waals surface area contributed by atoms with Crippen molar-refractivity contribution in [2.75, 3.05) is 6.54 Å². The van der Waals surface area contributed by atoms with E-state index in [4.69, 9.17) is 6.11 Å². The Hall–Kier alpha value is -0.730. The molecule has 0 saturated heterocycles. The van der Waals surface area contributed by atoms with Gasteiger partial charge in [0.15, 0.2) is 0 Å². The van der Waals surface area contributed by atoms with E-state index in [-0.39, 0.29) is 6.90 Å². The van der Waals surface area contributed by atoms with Crippen LogP contribution in [0, 0.1) is 0 Å². The van der Waals surface area contributed by atoms with Crippen molar-refractivity contribution in [3.05, 3.63) is 0 Å². The van der Waals surface area contributed by atoms with Crippen molar-refractivity contribution >= 4 is 6.09 Å². The van der Waals surface area contributed by atoms with E-state index in [1.807, 2.05) is 6.92 Å². The lowest BCUT2D eigenvalue weighted by atomic mass is 10.2. The van der Waals surface area contributed by atoms with Gasteiger partial charge in [-0.1, -0.05) is 6.92 Å². The smallest absolute Gasteiger partial charge is 0.407 e. The van der Waals surface area contributed by atoms with Crippen LogP contribution in [-0.2, 0) is 4.74 Å². The van der Waals surface area contributed by atoms with Gasteiger partial charge in [0.25, 0.3) is 0 Å². The molecule has 0 aromatic carbocycles. The molecular weight excluding hydrogens is 142 g/mol. The maximum absolute atomic E-state index is 11.0. The molecular formula is C8H17NO2. The number of carbonyl (C=O) groups is 1. The first-order valence-corrected chi connectivity index (χ1v) is 3.78. The van der Waals surface area contributed by atoms with Gasteiger partial charge >= 0.3 is 6.09 Å². The molecule has 3 nitrogen and oxygen atoms in total. The average Bonchev–Trinajstić information content (AvgIpc) is 2.00. The van der Waals surface area contributed by atoms with Crippen LogP contribution in [0.5, 0.6) is 0 Å². The zero-order valence-corrected chi connectivity index (χ0v) is 7.44. The number of rotatable bonds is 2. The standard InChI is InChI=1S/C8H17NO2/c1-5-6-9-7(10)11-8(2,3)4/h5-6H2,1-4H3,(H,9,10)/i2D. The summed E-state index contributed by atoms with van der Waals surface area (Å²) < 4.78 is 12.0. The fourth-order valence-corrected chi connectivity index (χ4v) is 0.514. The van der Waals surface area contributed by atoms with Gasteiger partial charge in [0, 0.05) is 7.92 Å². The summed E-state index contributed by atoms with van der Waals surface area (Å²) in [6.07, 6.45) is 0.449. The Labute approximate surface area is 69.5 Å². The van der Waals surface area contributed by atoms with Crippen LogP contribution in [0.2, 0.25) is 0 Å². The lowest BCUT2D eigenvalue weighted by Gasteiger charge is -2.19. The molecule has 66 valence electrons. The minimum Gasteiger partial charge on any atom is -0.444 e. The zero-order valence-electron chi connectivity index (χ0n) is 8.44. The Morgan fingerprint density at radius 3 is 2.82 bits per heavy atom. The highest BCUT2D eigenvalue weighted by Gasteiger charge is 2.14. The lowest BCUT2D eigenvalue weighted by Crippen LogP contribution is -2.32. The van der Waals surface area contributed by atoms with Gasteiger partial charge < -0.3 is 10.1 Å². The van der Waals surface area contributed by atoms with Gasteiger partial charge in [0.2, 0.25) is 0 Å². The van der Waals surface area contributed by atoms with Gasteiger partial charge in [-0.3, -0.25) is 0 Å². The molecule has 11 heavy (non-hydrogen) atoms. The second kappa shape index (κ2) is 4.21. The van der Waals surface area contributed by atoms with Crippen LogP contribution in [0.4, 0.5) is 4.79 Å². The number of hydrogen-bond acceptors (Lipinski definition) is 2. The summed E-state index contributed by atoms with van der Waals surface area (Å²) in [7, 11) is 0. The van der Waals surface area contributed by atoms with Crippen LogP contribution < -0.4 is 5.32 Å². The zero-order chi connectivity index (χ0) is 9.61. The monoisotopic (exact) mass is 160 g/mol. The van der Waals surface area contributed by atoms with Crippen molar-refractivity contribution in [2.24, 2.45) is 0 Å². The predicted octanol–water partition coefficient (Wildman–Crippen LogP) is 1.92. The SMILES string of the molecule is [2H]CC(C)(C)OC(=O)NCCC. The van der Waals surface area contributed by atoms with Gasteiger partial charge in [0.05, 0.1) is 0 Å². The first kappa shape index (κ1) is 8.37. The van der Waals surface area contributed by atoms with Gasteiger partial charge in [-0.25, -0.2) is 4.79 Å². The molecule has 0 unspecified atom stereocenters. The maximum atomic E-state index is 11.0. The third-order valence-corrected chi connectivity index (χ3v) is 0.888. The van der Waals surface area contributed by atoms with E-state index in [1.54, 1.807) is 13.8 Å². The second-order valence-electron chi connectivity index (χ2n) is 3.08. The minimum atomic E-state index is -0.683. The Morgan fingerprint density at radius 1 is 1.73 bits per heavy atom. The molecule has 3 heteroatoms. The largest absolute Gasteiger partial charge is 0.444 e. The highest BCUT2D eigenvalue weighted by atomic mass is 16.6. The van der Waals surface area contributed by atoms with E-state index in [0.717, 1.165) is 6.42 Å². The molecule has 0 rings (SSSR count). The highest BCUT2D eigenvalue weighted by Crippen LogP contribution is 2.05. The molecule has 0 aromatic rings. The molecule has 0 radical (unpaired) electrons. The van der Waals surface area contributed by atoms with Gasteiger partial charge in [0.1, 0.15) is 5.60 Å². The van der Waals surface area contributed by atoms with Gasteiger partial charge in [-0.15, -0.1) is 0 Å². The van der Waals surface area contributed by atoms with Crippen molar-refractivity contribution < 1.29 is 10.9 Å². The van der Waals surface area contributed by atoms with Crippen molar-refractivity contribution in [2.45, 2.75) is 39.7 Å². The highest BCUT2D eigenvalue weighted by molar-refractivity contribution is 5.67. The Balaban J connectivity index is 3.68. The quantitative estimate of drug-likeness (QED) is 0.670. The van der Waals surface area contributed by atoms with Crippen LogP contribution in [0.3, 0.4) is 0 Å². The molecule has 0 bridgehead atoms. The first-order valence-electron chi connectivity index (χ1n) is 4.48. The third kappa shape index (κ3) is 7.16. The van der Waals surface area contributed by atoms with Crippen molar-refractivity contribution in [3.63, 3.8) is 0 Å². The van der Waals surface area contributed by atoms with E-state index in [0.29, 0.717) is 6.54 Å². The molecule has 0 aliphatic carbocycles. The Morgan fingerprint density at radius 2 is 2.36 bits per heavy atom. The molecule has 0 spiro atoms. The first-order chi connectivity index (χ1) is 5.52. The molecule has 0 heterocycles. The summed E-state index contributed by atoms with van der Waals surface area (Å²) in [6, 6.07) is 0. The number of alkyl carbamates (subject to hydrolysis) is 1. The normalized spacial score (nSPS) is 12.1. The summed E-state index contributed by atoms with van der Waals surface area (Å²) in [5, 5.41) is 2.58. The van der Waals surface area contributed by atoms with Crippen LogP contribution in [0.1, 0.15) is 35.5 Å². The fraction of sp³-hybridized carbons (Fsp3) is 0.875. The molecule has 0 saturated carbocycles. The van der Waals surface area contributed by atoms with Crippen LogP contribution in [0.15, 0.2) is 0 Å². The third-order valence-electron chi connectivity index (χ3n) is 0.888. The number of nitrogens with one attached hydrogen (secondary N) is 1. The number of ether oxygens (including phenoxy) is 1. The number of carbonyl (C=O) groups excluding carboxylic acids is 1. The lowest BCUT2D eigenvalue weighted by molar-refractivity contribution is 0.0528. The fourth-order valence-electron chi connectivity index (χ4n) is 0.514. The van der Waals surface area contributed by atoms with E-state index >= 15 is 0 Å². The molecule has 0 atom stereocenters. The second-order valence-corrected chi connectivity index (χ2v) is 3.08. The topological polar surface area (TPSA) is 38.3 Å². The number of amides is 1. The summed E-state index contributed by atoms with van der Waals surface area (Å²) >= 11 is 0. The molecule has 0 aliphatic rings. The molecule has 0 aliphatic heterocycles. The summed E-state index contributed by atoms with van der Waals surface area (Å²) in [4.78, 5) is 11.0. The van der Waals surface area contributed by atoms with E-state index in [9.17, 15) is 4.79 Å². The van der Waals surface area contributed by atoms with Crippen LogP contribution >= 0.6 is 0 Å². The maximum Gasteiger partial charge on any atom is 0.407 e. The summed E-state index contributed by atoms with van der Waals surface area (Å²) in [5.74, 6) is 0. The Kier molecular flexibility index (Phi) is 3.20. The van der Waals surface area contributed by atoms with Gasteiger partial charge in [-0.05, 0) is 27.2 Å². The molecule has 0 fully saturated rings. The van der Waals surface area contributed by atoms with E-state index in [2.05, 4.69) is 5.32 Å². The molecule has 1 N–H and O–H groups in total. The average molecular weight is 160 g/mol. The summed E-state index contributed by atoms with van der Waals surface area (Å²) in [5.41, 5.74) is -0.683. The van der Waals surface area contributed by atoms with Crippen LogP contribution in [0.25, 0.3) is 0 Å². The van der Waals surface area contributed by atoms with Crippen LogP contribution in [-0.4, -0.2) is 18.2 Å². The van der Waals surface area contributed by atoms with E-state index < -0.39 is 11.7 Å². The minimum absolute atomic E-state index is 0.0759. The van der Waals surface area contributed by atoms with Crippen molar-refractivity contribution in [1.29, 1.82) is 0 Å². The Bertz CT molecular complexity index is 148. The van der Waals surface area contributed by atoms with E-state index in [1.165, 1.54) is 0 Å².